The van der Waals surface area contributed by atoms with E-state index in [9.17, 15) is 13.2 Å². The Kier molecular flexibility index (Phi) is 5.25. The van der Waals surface area contributed by atoms with Crippen molar-refractivity contribution >= 4 is 21.6 Å². The van der Waals surface area contributed by atoms with Gasteiger partial charge in [-0.2, -0.15) is 4.31 Å². The fourth-order valence-corrected chi connectivity index (χ4v) is 5.70. The van der Waals surface area contributed by atoms with Gasteiger partial charge in [-0.25, -0.2) is 8.42 Å². The van der Waals surface area contributed by atoms with Gasteiger partial charge in [0.1, 0.15) is 0 Å². The molecule has 0 unspecified atom stereocenters. The van der Waals surface area contributed by atoms with Gasteiger partial charge in [0.25, 0.3) is 5.91 Å². The number of hydrogen-bond donors (Lipinski definition) is 0. The first-order chi connectivity index (χ1) is 13.5. The van der Waals surface area contributed by atoms with Crippen molar-refractivity contribution in [1.82, 2.24) is 4.31 Å². The minimum Gasteiger partial charge on any atom is -0.308 e. The van der Waals surface area contributed by atoms with E-state index in [0.29, 0.717) is 25.2 Å². The molecule has 0 aromatic heterocycles. The summed E-state index contributed by atoms with van der Waals surface area (Å²) >= 11 is 0. The van der Waals surface area contributed by atoms with Gasteiger partial charge < -0.3 is 4.90 Å². The summed E-state index contributed by atoms with van der Waals surface area (Å²) in [5.41, 5.74) is 3.72. The Hall–Kier alpha value is -2.18. The number of hydrogen-bond acceptors (Lipinski definition) is 3. The third kappa shape index (κ3) is 3.59. The summed E-state index contributed by atoms with van der Waals surface area (Å²) in [5, 5.41) is 0. The number of piperidine rings is 1. The standard InChI is InChI=1S/C22H26N2O3S/c1-17-10-11-21-18(15-17)8-6-14-24(21)22(25)19-7-5-9-20(16-19)28(26,27)23-12-3-2-4-13-23/h5,7,9-11,15-16H,2-4,6,8,12-14H2,1H3. The molecule has 2 aromatic carbocycles. The van der Waals surface area contributed by atoms with Gasteiger partial charge in [-0.15, -0.1) is 0 Å². The zero-order chi connectivity index (χ0) is 19.7. The number of sulfonamides is 1. The molecule has 6 heteroatoms. The summed E-state index contributed by atoms with van der Waals surface area (Å²) in [6.07, 6.45) is 4.72. The Morgan fingerprint density at radius 1 is 0.929 bits per heavy atom. The van der Waals surface area contributed by atoms with Crippen LogP contribution in [0.4, 0.5) is 5.69 Å². The van der Waals surface area contributed by atoms with E-state index < -0.39 is 10.0 Å². The number of nitrogens with zero attached hydrogens (tertiary/aromatic N) is 2. The van der Waals surface area contributed by atoms with Crippen LogP contribution in [-0.2, 0) is 16.4 Å². The Morgan fingerprint density at radius 3 is 2.50 bits per heavy atom. The van der Waals surface area contributed by atoms with Gasteiger partial charge in [0.05, 0.1) is 4.90 Å². The van der Waals surface area contributed by atoms with E-state index >= 15 is 0 Å². The van der Waals surface area contributed by atoms with Crippen molar-refractivity contribution < 1.29 is 13.2 Å². The van der Waals surface area contributed by atoms with Crippen molar-refractivity contribution in [3.63, 3.8) is 0 Å². The van der Waals surface area contributed by atoms with Gasteiger partial charge in [-0.3, -0.25) is 4.79 Å². The lowest BCUT2D eigenvalue weighted by atomic mass is 9.99. The lowest BCUT2D eigenvalue weighted by Gasteiger charge is -2.30. The normalized spacial score (nSPS) is 18.0. The van der Waals surface area contributed by atoms with Crippen LogP contribution in [0.5, 0.6) is 0 Å². The van der Waals surface area contributed by atoms with Crippen LogP contribution >= 0.6 is 0 Å². The molecule has 0 radical (unpaired) electrons. The molecule has 1 amide bonds. The van der Waals surface area contributed by atoms with Gasteiger partial charge >= 0.3 is 0 Å². The second-order valence-corrected chi connectivity index (χ2v) is 9.62. The lowest BCUT2D eigenvalue weighted by molar-refractivity contribution is 0.0985. The van der Waals surface area contributed by atoms with E-state index in [4.69, 9.17) is 0 Å². The number of carbonyl (C=O) groups is 1. The Morgan fingerprint density at radius 2 is 1.71 bits per heavy atom. The van der Waals surface area contributed by atoms with E-state index in [2.05, 4.69) is 13.0 Å². The molecule has 2 aromatic rings. The maximum Gasteiger partial charge on any atom is 0.258 e. The number of aryl methyl sites for hydroxylation is 2. The molecule has 2 aliphatic heterocycles. The summed E-state index contributed by atoms with van der Waals surface area (Å²) in [7, 11) is -3.55. The first-order valence-electron chi connectivity index (χ1n) is 9.98. The average Bonchev–Trinajstić information content (AvgIpc) is 2.73. The highest BCUT2D eigenvalue weighted by Crippen LogP contribution is 2.30. The predicted molar refractivity (Wildman–Crippen MR) is 110 cm³/mol. The molecule has 0 atom stereocenters. The number of benzene rings is 2. The molecule has 148 valence electrons. The maximum atomic E-state index is 13.2. The molecule has 0 bridgehead atoms. The van der Waals surface area contributed by atoms with Gasteiger partial charge in [0.2, 0.25) is 10.0 Å². The summed E-state index contributed by atoms with van der Waals surface area (Å²) < 4.78 is 27.5. The third-order valence-corrected chi connectivity index (χ3v) is 7.53. The zero-order valence-electron chi connectivity index (χ0n) is 16.2. The van der Waals surface area contributed by atoms with Gasteiger partial charge in [0, 0.05) is 30.9 Å². The monoisotopic (exact) mass is 398 g/mol. The largest absolute Gasteiger partial charge is 0.308 e. The van der Waals surface area contributed by atoms with Crippen LogP contribution in [0.1, 0.15) is 47.2 Å². The molecule has 1 saturated heterocycles. The smallest absolute Gasteiger partial charge is 0.258 e. The topological polar surface area (TPSA) is 57.7 Å². The third-order valence-electron chi connectivity index (χ3n) is 5.63. The van der Waals surface area contributed by atoms with Crippen LogP contribution in [0, 0.1) is 6.92 Å². The van der Waals surface area contributed by atoms with Gasteiger partial charge in [-0.05, 0) is 62.4 Å². The maximum absolute atomic E-state index is 13.2. The van der Waals surface area contributed by atoms with Gasteiger partial charge in [0.15, 0.2) is 0 Å². The van der Waals surface area contributed by atoms with Gasteiger partial charge in [-0.1, -0.05) is 30.2 Å². The van der Waals surface area contributed by atoms with Crippen LogP contribution in [-0.4, -0.2) is 38.3 Å². The molecule has 1 fully saturated rings. The highest BCUT2D eigenvalue weighted by atomic mass is 32.2. The van der Waals surface area contributed by atoms with Crippen LogP contribution in [0.15, 0.2) is 47.4 Å². The lowest BCUT2D eigenvalue weighted by Crippen LogP contribution is -2.37. The van der Waals surface area contributed by atoms with Crippen LogP contribution < -0.4 is 4.90 Å². The Balaban J connectivity index is 1.64. The van der Waals surface area contributed by atoms with Crippen LogP contribution in [0.25, 0.3) is 0 Å². The van der Waals surface area contributed by atoms with Crippen molar-refractivity contribution in [2.75, 3.05) is 24.5 Å². The molecule has 2 aliphatic rings. The summed E-state index contributed by atoms with van der Waals surface area (Å²) in [6.45, 7) is 3.81. The molecule has 28 heavy (non-hydrogen) atoms. The van der Waals surface area contributed by atoms with Crippen LogP contribution in [0.3, 0.4) is 0 Å². The van der Waals surface area contributed by atoms with Crippen molar-refractivity contribution in [2.24, 2.45) is 0 Å². The molecule has 4 rings (SSSR count). The fourth-order valence-electron chi connectivity index (χ4n) is 4.14. The number of amides is 1. The minimum absolute atomic E-state index is 0.138. The van der Waals surface area contributed by atoms with E-state index in [0.717, 1.165) is 37.8 Å². The number of fused-ring (bicyclic) bond motifs is 1. The quantitative estimate of drug-likeness (QED) is 0.791. The van der Waals surface area contributed by atoms with E-state index in [-0.39, 0.29) is 10.8 Å². The van der Waals surface area contributed by atoms with E-state index in [1.54, 1.807) is 27.4 Å². The Labute approximate surface area is 167 Å². The SMILES string of the molecule is Cc1ccc2c(c1)CCCN2C(=O)c1cccc(S(=O)(=O)N2CCCCC2)c1. The van der Waals surface area contributed by atoms with E-state index in [1.807, 2.05) is 12.1 Å². The number of rotatable bonds is 3. The number of carbonyl (C=O) groups excluding carboxylic acids is 1. The molecular weight excluding hydrogens is 372 g/mol. The van der Waals surface area contributed by atoms with Crippen molar-refractivity contribution in [1.29, 1.82) is 0 Å². The fraction of sp³-hybridized carbons (Fsp3) is 0.409. The minimum atomic E-state index is -3.55. The number of anilines is 1. The second-order valence-electron chi connectivity index (χ2n) is 7.69. The summed E-state index contributed by atoms with van der Waals surface area (Å²) in [6, 6.07) is 12.6. The highest BCUT2D eigenvalue weighted by Gasteiger charge is 2.28. The predicted octanol–water partition coefficient (Wildman–Crippen LogP) is 3.76. The second kappa shape index (κ2) is 7.68. The Bertz CT molecular complexity index is 995. The molecule has 0 aliphatic carbocycles. The molecule has 2 heterocycles. The van der Waals surface area contributed by atoms with Crippen LogP contribution in [0.2, 0.25) is 0 Å². The first-order valence-corrected chi connectivity index (χ1v) is 11.4. The molecule has 0 saturated carbocycles. The summed E-state index contributed by atoms with van der Waals surface area (Å²) in [5.74, 6) is -0.138. The molecule has 5 nitrogen and oxygen atoms in total. The molecular formula is C22H26N2O3S. The van der Waals surface area contributed by atoms with Crippen molar-refractivity contribution in [2.45, 2.75) is 43.9 Å². The van der Waals surface area contributed by atoms with E-state index in [1.165, 1.54) is 17.2 Å². The highest BCUT2D eigenvalue weighted by molar-refractivity contribution is 7.89. The average molecular weight is 399 g/mol. The van der Waals surface area contributed by atoms with Crippen molar-refractivity contribution in [3.05, 3.63) is 59.2 Å². The summed E-state index contributed by atoms with van der Waals surface area (Å²) in [4.78, 5) is 15.2. The van der Waals surface area contributed by atoms with Crippen molar-refractivity contribution in [3.8, 4) is 0 Å². The first kappa shape index (κ1) is 19.2. The zero-order valence-corrected chi connectivity index (χ0v) is 17.0. The molecule has 0 spiro atoms. The molecule has 0 N–H and O–H groups in total.